The number of morpholine rings is 1. The van der Waals surface area contributed by atoms with Gasteiger partial charge in [-0.3, -0.25) is 0 Å². The first-order valence-corrected chi connectivity index (χ1v) is 6.21. The van der Waals surface area contributed by atoms with Gasteiger partial charge in [-0.2, -0.15) is 0 Å². The molecule has 0 radical (unpaired) electrons. The van der Waals surface area contributed by atoms with Gasteiger partial charge in [-0.1, -0.05) is 13.8 Å². The van der Waals surface area contributed by atoms with Crippen molar-refractivity contribution in [2.24, 2.45) is 5.41 Å². The van der Waals surface area contributed by atoms with Crippen LogP contribution in [0.15, 0.2) is 0 Å². The summed E-state index contributed by atoms with van der Waals surface area (Å²) in [6.07, 6.45) is 4.37. The number of rotatable bonds is 3. The molecule has 1 saturated carbocycles. The van der Waals surface area contributed by atoms with Gasteiger partial charge in [0.15, 0.2) is 0 Å². The summed E-state index contributed by atoms with van der Waals surface area (Å²) in [5.41, 5.74) is 0.545. The summed E-state index contributed by atoms with van der Waals surface area (Å²) in [5, 5.41) is 7.00. The minimum absolute atomic E-state index is 0.377. The van der Waals surface area contributed by atoms with Gasteiger partial charge in [-0.05, 0) is 24.7 Å². The molecule has 3 nitrogen and oxygen atoms in total. The quantitative estimate of drug-likeness (QED) is 0.736. The first-order chi connectivity index (χ1) is 7.16. The second-order valence-corrected chi connectivity index (χ2v) is 5.71. The maximum Gasteiger partial charge on any atom is 0.0824 e. The number of ether oxygens (including phenoxy) is 1. The van der Waals surface area contributed by atoms with Crippen molar-refractivity contribution >= 4 is 0 Å². The fourth-order valence-electron chi connectivity index (χ4n) is 2.66. The standard InChI is InChI=1S/C12H24N2O/c1-12(2)4-3-10(7-12)14-9-11-8-13-5-6-15-11/h10-11,13-14H,3-9H2,1-2H3. The minimum Gasteiger partial charge on any atom is -0.374 e. The Balaban J connectivity index is 1.65. The highest BCUT2D eigenvalue weighted by atomic mass is 16.5. The topological polar surface area (TPSA) is 33.3 Å². The molecule has 3 heteroatoms. The van der Waals surface area contributed by atoms with Crippen LogP contribution >= 0.6 is 0 Å². The van der Waals surface area contributed by atoms with Crippen molar-refractivity contribution in [2.45, 2.75) is 45.3 Å². The van der Waals surface area contributed by atoms with Crippen molar-refractivity contribution in [2.75, 3.05) is 26.2 Å². The lowest BCUT2D eigenvalue weighted by Gasteiger charge is -2.26. The van der Waals surface area contributed by atoms with Crippen molar-refractivity contribution in [1.82, 2.24) is 10.6 Å². The Morgan fingerprint density at radius 2 is 2.33 bits per heavy atom. The van der Waals surface area contributed by atoms with Crippen LogP contribution < -0.4 is 10.6 Å². The van der Waals surface area contributed by atoms with E-state index in [1.165, 1.54) is 19.3 Å². The van der Waals surface area contributed by atoms with Crippen molar-refractivity contribution in [3.8, 4) is 0 Å². The molecule has 2 rings (SSSR count). The van der Waals surface area contributed by atoms with Gasteiger partial charge < -0.3 is 15.4 Å². The Kier molecular flexibility index (Phi) is 3.65. The van der Waals surface area contributed by atoms with Crippen LogP contribution in [0.3, 0.4) is 0 Å². The molecular formula is C12H24N2O. The van der Waals surface area contributed by atoms with E-state index in [1.807, 2.05) is 0 Å². The van der Waals surface area contributed by atoms with Crippen LogP contribution in [0.5, 0.6) is 0 Å². The van der Waals surface area contributed by atoms with Gasteiger partial charge in [0.25, 0.3) is 0 Å². The van der Waals surface area contributed by atoms with E-state index in [-0.39, 0.29) is 0 Å². The molecule has 1 aliphatic heterocycles. The molecule has 15 heavy (non-hydrogen) atoms. The van der Waals surface area contributed by atoms with E-state index >= 15 is 0 Å². The molecule has 1 heterocycles. The summed E-state index contributed by atoms with van der Waals surface area (Å²) < 4.78 is 5.66. The summed E-state index contributed by atoms with van der Waals surface area (Å²) in [7, 11) is 0. The van der Waals surface area contributed by atoms with Gasteiger partial charge in [-0.15, -0.1) is 0 Å². The zero-order valence-corrected chi connectivity index (χ0v) is 10.0. The lowest BCUT2D eigenvalue weighted by Crippen LogP contribution is -2.45. The Morgan fingerprint density at radius 3 is 2.93 bits per heavy atom. The molecule has 2 fully saturated rings. The Morgan fingerprint density at radius 1 is 1.47 bits per heavy atom. The van der Waals surface area contributed by atoms with Crippen LogP contribution in [0.4, 0.5) is 0 Å². The maximum absolute atomic E-state index is 5.66. The van der Waals surface area contributed by atoms with E-state index in [4.69, 9.17) is 4.74 Å². The second kappa shape index (κ2) is 4.81. The molecule has 2 unspecified atom stereocenters. The first-order valence-electron chi connectivity index (χ1n) is 6.21. The SMILES string of the molecule is CC1(C)CCC(NCC2CNCCO2)C1. The molecule has 2 atom stereocenters. The van der Waals surface area contributed by atoms with E-state index in [9.17, 15) is 0 Å². The van der Waals surface area contributed by atoms with Crippen LogP contribution in [0.2, 0.25) is 0 Å². The third-order valence-corrected chi connectivity index (χ3v) is 3.61. The average Bonchev–Trinajstić information content (AvgIpc) is 2.57. The largest absolute Gasteiger partial charge is 0.374 e. The zero-order valence-electron chi connectivity index (χ0n) is 10.0. The third-order valence-electron chi connectivity index (χ3n) is 3.61. The molecule has 0 bridgehead atoms. The third kappa shape index (κ3) is 3.44. The highest BCUT2D eigenvalue weighted by Crippen LogP contribution is 2.36. The molecule has 88 valence electrons. The molecular weight excluding hydrogens is 188 g/mol. The highest BCUT2D eigenvalue weighted by molar-refractivity contribution is 4.87. The van der Waals surface area contributed by atoms with E-state index in [0.29, 0.717) is 17.6 Å². The Labute approximate surface area is 93.0 Å². The van der Waals surface area contributed by atoms with Crippen molar-refractivity contribution in [3.05, 3.63) is 0 Å². The van der Waals surface area contributed by atoms with Gasteiger partial charge in [0.1, 0.15) is 0 Å². The normalized spacial score (nSPS) is 35.6. The Bertz CT molecular complexity index is 200. The fourth-order valence-corrected chi connectivity index (χ4v) is 2.66. The molecule has 0 aromatic heterocycles. The van der Waals surface area contributed by atoms with Crippen LogP contribution in [0.1, 0.15) is 33.1 Å². The minimum atomic E-state index is 0.377. The van der Waals surface area contributed by atoms with Gasteiger partial charge in [-0.25, -0.2) is 0 Å². The van der Waals surface area contributed by atoms with E-state index in [2.05, 4.69) is 24.5 Å². The molecule has 1 aliphatic carbocycles. The predicted octanol–water partition coefficient (Wildman–Crippen LogP) is 1.14. The van der Waals surface area contributed by atoms with Crippen molar-refractivity contribution in [1.29, 1.82) is 0 Å². The van der Waals surface area contributed by atoms with Gasteiger partial charge >= 0.3 is 0 Å². The van der Waals surface area contributed by atoms with Crippen LogP contribution in [0.25, 0.3) is 0 Å². The number of hydrogen-bond acceptors (Lipinski definition) is 3. The highest BCUT2D eigenvalue weighted by Gasteiger charge is 2.30. The smallest absolute Gasteiger partial charge is 0.0824 e. The van der Waals surface area contributed by atoms with E-state index in [0.717, 1.165) is 26.2 Å². The summed E-state index contributed by atoms with van der Waals surface area (Å²) in [4.78, 5) is 0. The monoisotopic (exact) mass is 212 g/mol. The fraction of sp³-hybridized carbons (Fsp3) is 1.00. The summed E-state index contributed by atoms with van der Waals surface area (Å²) in [5.74, 6) is 0. The average molecular weight is 212 g/mol. The maximum atomic E-state index is 5.66. The summed E-state index contributed by atoms with van der Waals surface area (Å²) >= 11 is 0. The van der Waals surface area contributed by atoms with Crippen LogP contribution in [-0.4, -0.2) is 38.4 Å². The van der Waals surface area contributed by atoms with Crippen molar-refractivity contribution in [3.63, 3.8) is 0 Å². The first kappa shape index (κ1) is 11.4. The van der Waals surface area contributed by atoms with E-state index < -0.39 is 0 Å². The van der Waals surface area contributed by atoms with E-state index in [1.54, 1.807) is 0 Å². The summed E-state index contributed by atoms with van der Waals surface area (Å²) in [6.45, 7) is 8.62. The predicted molar refractivity (Wildman–Crippen MR) is 62.0 cm³/mol. The molecule has 0 spiro atoms. The lowest BCUT2D eigenvalue weighted by molar-refractivity contribution is 0.0275. The molecule has 0 aromatic rings. The Hall–Kier alpha value is -0.120. The number of nitrogens with one attached hydrogen (secondary N) is 2. The molecule has 0 amide bonds. The molecule has 0 aromatic carbocycles. The number of hydrogen-bond donors (Lipinski definition) is 2. The summed E-state index contributed by atoms with van der Waals surface area (Å²) in [6, 6.07) is 0.713. The molecule has 2 N–H and O–H groups in total. The van der Waals surface area contributed by atoms with Crippen LogP contribution in [0, 0.1) is 5.41 Å². The lowest BCUT2D eigenvalue weighted by atomic mass is 9.92. The van der Waals surface area contributed by atoms with Gasteiger partial charge in [0.05, 0.1) is 12.7 Å². The molecule has 1 saturated heterocycles. The second-order valence-electron chi connectivity index (χ2n) is 5.71. The van der Waals surface area contributed by atoms with Crippen molar-refractivity contribution < 1.29 is 4.74 Å². The van der Waals surface area contributed by atoms with Gasteiger partial charge in [0, 0.05) is 25.7 Å². The van der Waals surface area contributed by atoms with Crippen LogP contribution in [-0.2, 0) is 4.74 Å². The molecule has 2 aliphatic rings. The van der Waals surface area contributed by atoms with Gasteiger partial charge in [0.2, 0.25) is 0 Å². The zero-order chi connectivity index (χ0) is 10.7.